The Bertz CT molecular complexity index is 789. The number of carbonyl (C=O) groups is 2. The third kappa shape index (κ3) is 5.26. The lowest BCUT2D eigenvalue weighted by Gasteiger charge is -2.02. The predicted molar refractivity (Wildman–Crippen MR) is 95.3 cm³/mol. The molecule has 0 radical (unpaired) electrons. The number of carbonyl (C=O) groups excluding carboxylic acids is 2. The lowest BCUT2D eigenvalue weighted by molar-refractivity contribution is -0.384. The van der Waals surface area contributed by atoms with E-state index in [-0.39, 0.29) is 24.0 Å². The van der Waals surface area contributed by atoms with E-state index in [9.17, 15) is 19.7 Å². The number of rotatable bonds is 7. The van der Waals surface area contributed by atoms with Crippen molar-refractivity contribution in [3.63, 3.8) is 0 Å². The molecule has 2 rings (SSSR count). The van der Waals surface area contributed by atoms with Crippen molar-refractivity contribution in [1.82, 2.24) is 4.98 Å². The van der Waals surface area contributed by atoms with Crippen LogP contribution >= 0.6 is 23.1 Å². The molecule has 132 valence electrons. The van der Waals surface area contributed by atoms with Gasteiger partial charge in [-0.05, 0) is 26.0 Å². The Labute approximate surface area is 151 Å². The molecule has 0 bridgehead atoms. The maximum Gasteiger partial charge on any atom is 0.350 e. The molecule has 0 saturated heterocycles. The molecule has 8 nitrogen and oxygen atoms in total. The first-order valence-corrected chi connectivity index (χ1v) is 9.02. The van der Waals surface area contributed by atoms with Gasteiger partial charge in [-0.1, -0.05) is 11.3 Å². The number of amides is 1. The molecular formula is C15H15N3O5S2. The number of thiazole rings is 1. The molecule has 10 heteroatoms. The summed E-state index contributed by atoms with van der Waals surface area (Å²) in [5.74, 6) is -0.628. The van der Waals surface area contributed by atoms with E-state index in [1.54, 1.807) is 26.0 Å². The number of benzene rings is 1. The van der Waals surface area contributed by atoms with Gasteiger partial charge in [0, 0.05) is 17.0 Å². The monoisotopic (exact) mass is 381 g/mol. The summed E-state index contributed by atoms with van der Waals surface area (Å²) in [6, 6.07) is 5.94. The zero-order chi connectivity index (χ0) is 18.4. The van der Waals surface area contributed by atoms with E-state index < -0.39 is 10.9 Å². The second-order valence-corrected chi connectivity index (χ2v) is 6.79. The Morgan fingerprint density at radius 1 is 1.36 bits per heavy atom. The molecule has 1 aromatic heterocycles. The molecule has 0 saturated carbocycles. The van der Waals surface area contributed by atoms with Crippen molar-refractivity contribution in [2.24, 2.45) is 0 Å². The zero-order valence-electron chi connectivity index (χ0n) is 13.5. The summed E-state index contributed by atoms with van der Waals surface area (Å²) in [5, 5.41) is 13.6. The molecule has 0 fully saturated rings. The van der Waals surface area contributed by atoms with E-state index in [1.165, 1.54) is 23.9 Å². The Balaban J connectivity index is 1.91. The predicted octanol–water partition coefficient (Wildman–Crippen LogP) is 3.27. The zero-order valence-corrected chi connectivity index (χ0v) is 15.1. The largest absolute Gasteiger partial charge is 0.462 e. The number of hydrogen-bond donors (Lipinski definition) is 1. The molecule has 1 N–H and O–H groups in total. The van der Waals surface area contributed by atoms with Crippen LogP contribution in [0, 0.1) is 17.0 Å². The summed E-state index contributed by atoms with van der Waals surface area (Å²) in [5.41, 5.74) is 0.500. The van der Waals surface area contributed by atoms with Crippen LogP contribution in [0.25, 0.3) is 0 Å². The highest BCUT2D eigenvalue weighted by atomic mass is 32.2. The van der Waals surface area contributed by atoms with Crippen LogP contribution in [0.5, 0.6) is 0 Å². The summed E-state index contributed by atoms with van der Waals surface area (Å²) < 4.78 is 4.93. The minimum absolute atomic E-state index is 0.00134. The number of nitrogens with zero attached hydrogens (tertiary/aromatic N) is 2. The number of aromatic nitrogens is 1. The Hall–Kier alpha value is -2.46. The maximum atomic E-state index is 12.0. The van der Waals surface area contributed by atoms with Crippen LogP contribution in [0.1, 0.15) is 22.3 Å². The number of esters is 1. The van der Waals surface area contributed by atoms with Gasteiger partial charge in [0.15, 0.2) is 5.13 Å². The molecule has 1 aromatic carbocycles. The highest BCUT2D eigenvalue weighted by Gasteiger charge is 2.17. The molecule has 0 aliphatic heterocycles. The average molecular weight is 381 g/mol. The molecule has 1 amide bonds. The van der Waals surface area contributed by atoms with Crippen molar-refractivity contribution in [1.29, 1.82) is 0 Å². The van der Waals surface area contributed by atoms with Gasteiger partial charge in [-0.2, -0.15) is 0 Å². The fourth-order valence-electron chi connectivity index (χ4n) is 1.80. The fraction of sp³-hybridized carbons (Fsp3) is 0.267. The molecule has 0 unspecified atom stereocenters. The summed E-state index contributed by atoms with van der Waals surface area (Å²) in [6.45, 7) is 3.65. The van der Waals surface area contributed by atoms with Gasteiger partial charge >= 0.3 is 5.97 Å². The van der Waals surface area contributed by atoms with Gasteiger partial charge in [-0.25, -0.2) is 9.78 Å². The molecule has 1 heterocycles. The third-order valence-electron chi connectivity index (χ3n) is 2.92. The molecule has 2 aromatic rings. The van der Waals surface area contributed by atoms with Crippen molar-refractivity contribution in [3.8, 4) is 0 Å². The van der Waals surface area contributed by atoms with Crippen LogP contribution in [0.15, 0.2) is 29.2 Å². The Kier molecular flexibility index (Phi) is 6.48. The van der Waals surface area contributed by atoms with Gasteiger partial charge in [0.25, 0.3) is 5.69 Å². The molecule has 0 spiro atoms. The second-order valence-electron chi connectivity index (χ2n) is 4.74. The van der Waals surface area contributed by atoms with Crippen LogP contribution < -0.4 is 5.32 Å². The summed E-state index contributed by atoms with van der Waals surface area (Å²) in [4.78, 5) is 39.1. The first-order valence-electron chi connectivity index (χ1n) is 7.22. The number of hydrogen-bond acceptors (Lipinski definition) is 8. The normalized spacial score (nSPS) is 10.3. The minimum atomic E-state index is -0.479. The Morgan fingerprint density at radius 2 is 2.04 bits per heavy atom. The average Bonchev–Trinajstić information content (AvgIpc) is 2.94. The quantitative estimate of drug-likeness (QED) is 0.339. The van der Waals surface area contributed by atoms with E-state index in [1.807, 2.05) is 0 Å². The van der Waals surface area contributed by atoms with Gasteiger partial charge in [0.2, 0.25) is 5.91 Å². The van der Waals surface area contributed by atoms with Crippen molar-refractivity contribution in [3.05, 3.63) is 45.0 Å². The van der Waals surface area contributed by atoms with E-state index in [2.05, 4.69) is 10.3 Å². The fourth-order valence-corrected chi connectivity index (χ4v) is 3.38. The molecular weight excluding hydrogens is 366 g/mol. The molecule has 0 atom stereocenters. The van der Waals surface area contributed by atoms with Crippen LogP contribution in [0.3, 0.4) is 0 Å². The van der Waals surface area contributed by atoms with Crippen molar-refractivity contribution in [2.75, 3.05) is 17.7 Å². The highest BCUT2D eigenvalue weighted by Crippen LogP contribution is 2.25. The minimum Gasteiger partial charge on any atom is -0.462 e. The summed E-state index contributed by atoms with van der Waals surface area (Å²) in [7, 11) is 0. The first kappa shape index (κ1) is 18.9. The van der Waals surface area contributed by atoms with Gasteiger partial charge in [-0.15, -0.1) is 11.8 Å². The van der Waals surface area contributed by atoms with E-state index >= 15 is 0 Å². The highest BCUT2D eigenvalue weighted by molar-refractivity contribution is 8.00. The number of non-ortho nitro benzene ring substituents is 1. The van der Waals surface area contributed by atoms with Gasteiger partial charge in [0.05, 0.1) is 23.0 Å². The Morgan fingerprint density at radius 3 is 2.64 bits per heavy atom. The van der Waals surface area contributed by atoms with E-state index in [4.69, 9.17) is 4.74 Å². The number of nitro benzene ring substituents is 1. The van der Waals surface area contributed by atoms with Crippen molar-refractivity contribution in [2.45, 2.75) is 18.7 Å². The number of aryl methyl sites for hydroxylation is 1. The van der Waals surface area contributed by atoms with E-state index in [0.29, 0.717) is 15.7 Å². The second kappa shape index (κ2) is 8.58. The maximum absolute atomic E-state index is 12.0. The third-order valence-corrected chi connectivity index (χ3v) is 4.99. The number of nitrogens with one attached hydrogen (secondary N) is 1. The van der Waals surface area contributed by atoms with Crippen LogP contribution in [0.4, 0.5) is 10.8 Å². The van der Waals surface area contributed by atoms with Crippen LogP contribution in [0.2, 0.25) is 0 Å². The molecule has 0 aliphatic rings. The van der Waals surface area contributed by atoms with Crippen LogP contribution in [-0.4, -0.2) is 34.1 Å². The number of anilines is 1. The summed E-state index contributed by atoms with van der Waals surface area (Å²) in [6.07, 6.45) is 0. The van der Waals surface area contributed by atoms with Gasteiger partial charge in [-0.3, -0.25) is 14.9 Å². The SMILES string of the molecule is CCOC(=O)c1sc(NC(=O)CSc2ccc([N+](=O)[O-])cc2)nc1C. The van der Waals surface area contributed by atoms with E-state index in [0.717, 1.165) is 16.2 Å². The van der Waals surface area contributed by atoms with Gasteiger partial charge in [0.1, 0.15) is 4.88 Å². The van der Waals surface area contributed by atoms with Crippen molar-refractivity contribution >= 4 is 45.8 Å². The number of nitro groups is 1. The topological polar surface area (TPSA) is 111 Å². The van der Waals surface area contributed by atoms with Gasteiger partial charge < -0.3 is 10.1 Å². The molecule has 0 aliphatic carbocycles. The summed E-state index contributed by atoms with van der Waals surface area (Å²) >= 11 is 2.31. The number of thioether (sulfide) groups is 1. The lowest BCUT2D eigenvalue weighted by Crippen LogP contribution is -2.13. The standard InChI is InChI=1S/C15H15N3O5S2/c1-3-23-14(20)13-9(2)16-15(25-13)17-12(19)8-24-11-6-4-10(5-7-11)18(21)22/h4-7H,3,8H2,1-2H3,(H,16,17,19). The molecule has 25 heavy (non-hydrogen) atoms. The smallest absolute Gasteiger partial charge is 0.350 e. The van der Waals surface area contributed by atoms with Crippen LogP contribution in [-0.2, 0) is 9.53 Å². The first-order chi connectivity index (χ1) is 11.9. The lowest BCUT2D eigenvalue weighted by atomic mass is 10.3. The number of ether oxygens (including phenoxy) is 1. The van der Waals surface area contributed by atoms with Crippen molar-refractivity contribution < 1.29 is 19.2 Å².